The molecule has 92 valence electrons. The second-order valence-electron chi connectivity index (χ2n) is 3.72. The van der Waals surface area contributed by atoms with E-state index in [4.69, 9.17) is 5.73 Å². The first-order valence-corrected chi connectivity index (χ1v) is 6.41. The second kappa shape index (κ2) is 6.96. The van der Waals surface area contributed by atoms with Crippen molar-refractivity contribution >= 4 is 23.6 Å². The van der Waals surface area contributed by atoms with Crippen LogP contribution in [-0.2, 0) is 15.3 Å². The minimum atomic E-state index is -0.526. The molecule has 0 radical (unpaired) electrons. The molecule has 2 amide bonds. The molecule has 0 spiro atoms. The van der Waals surface area contributed by atoms with Gasteiger partial charge >= 0.3 is 0 Å². The summed E-state index contributed by atoms with van der Waals surface area (Å²) >= 11 is 1.51. The minimum Gasteiger partial charge on any atom is -0.368 e. The summed E-state index contributed by atoms with van der Waals surface area (Å²) in [5.41, 5.74) is 7.32. The van der Waals surface area contributed by atoms with Gasteiger partial charge < -0.3 is 11.1 Å². The van der Waals surface area contributed by atoms with Crippen LogP contribution in [0.15, 0.2) is 24.3 Å². The summed E-state index contributed by atoms with van der Waals surface area (Å²) in [6.07, 6.45) is 0. The maximum absolute atomic E-state index is 11.3. The van der Waals surface area contributed by atoms with Gasteiger partial charge in [-0.3, -0.25) is 9.59 Å². The zero-order valence-electron chi connectivity index (χ0n) is 9.73. The van der Waals surface area contributed by atoms with E-state index in [0.717, 1.165) is 5.75 Å². The van der Waals surface area contributed by atoms with Gasteiger partial charge in [0.1, 0.15) is 0 Å². The fraction of sp³-hybridized carbons (Fsp3) is 0.333. The second-order valence-corrected chi connectivity index (χ2v) is 4.71. The average molecular weight is 252 g/mol. The maximum Gasteiger partial charge on any atom is 0.236 e. The molecule has 0 saturated carbocycles. The van der Waals surface area contributed by atoms with E-state index in [-0.39, 0.29) is 12.5 Å². The lowest BCUT2D eigenvalue weighted by atomic mass is 10.2. The molecular weight excluding hydrogens is 236 g/mol. The van der Waals surface area contributed by atoms with Crippen molar-refractivity contribution in [1.29, 1.82) is 0 Å². The van der Waals surface area contributed by atoms with E-state index < -0.39 is 5.91 Å². The number of thioether (sulfide) groups is 1. The summed E-state index contributed by atoms with van der Waals surface area (Å²) in [5, 5.41) is 2.45. The van der Waals surface area contributed by atoms with Gasteiger partial charge in [-0.05, 0) is 12.5 Å². The smallest absolute Gasteiger partial charge is 0.236 e. The van der Waals surface area contributed by atoms with Gasteiger partial charge in [0.15, 0.2) is 0 Å². The Hall–Kier alpha value is -1.49. The molecule has 0 aromatic heterocycles. The van der Waals surface area contributed by atoms with Crippen LogP contribution >= 0.6 is 11.8 Å². The molecule has 4 nitrogen and oxygen atoms in total. The Morgan fingerprint density at radius 2 is 2.18 bits per heavy atom. The number of carbonyl (C=O) groups is 2. The predicted molar refractivity (Wildman–Crippen MR) is 69.5 cm³/mol. The monoisotopic (exact) mass is 252 g/mol. The van der Waals surface area contributed by atoms with E-state index in [1.165, 1.54) is 22.9 Å². The molecule has 0 saturated heterocycles. The number of carbonyl (C=O) groups excluding carboxylic acids is 2. The lowest BCUT2D eigenvalue weighted by molar-refractivity contribution is -0.123. The highest BCUT2D eigenvalue weighted by Gasteiger charge is 2.03. The molecule has 17 heavy (non-hydrogen) atoms. The zero-order chi connectivity index (χ0) is 12.7. The number of amides is 2. The maximum atomic E-state index is 11.3. The third-order valence-corrected chi connectivity index (χ3v) is 3.05. The van der Waals surface area contributed by atoms with Crippen molar-refractivity contribution in [3.8, 4) is 0 Å². The summed E-state index contributed by atoms with van der Waals surface area (Å²) in [5.74, 6) is 0.427. The molecule has 0 bridgehead atoms. The lowest BCUT2D eigenvalue weighted by Crippen LogP contribution is -2.34. The molecule has 0 aliphatic rings. The highest BCUT2D eigenvalue weighted by molar-refractivity contribution is 7.99. The van der Waals surface area contributed by atoms with Crippen LogP contribution < -0.4 is 11.1 Å². The van der Waals surface area contributed by atoms with Gasteiger partial charge in [0.2, 0.25) is 11.8 Å². The molecule has 0 unspecified atom stereocenters. The van der Waals surface area contributed by atoms with Gasteiger partial charge in [-0.25, -0.2) is 0 Å². The molecule has 3 N–H and O–H groups in total. The SMILES string of the molecule is Cc1cccc(CSCC(=O)NCC(N)=O)c1. The Morgan fingerprint density at radius 1 is 1.41 bits per heavy atom. The third kappa shape index (κ3) is 5.97. The molecule has 0 atom stereocenters. The molecule has 0 heterocycles. The summed E-state index contributed by atoms with van der Waals surface area (Å²) in [7, 11) is 0. The molecule has 1 aromatic carbocycles. The van der Waals surface area contributed by atoms with Crippen molar-refractivity contribution in [3.63, 3.8) is 0 Å². The Kier molecular flexibility index (Phi) is 5.56. The van der Waals surface area contributed by atoms with E-state index in [2.05, 4.69) is 11.4 Å². The largest absolute Gasteiger partial charge is 0.368 e. The van der Waals surface area contributed by atoms with E-state index in [1.807, 2.05) is 25.1 Å². The van der Waals surface area contributed by atoms with Gasteiger partial charge in [0.05, 0.1) is 12.3 Å². The van der Waals surface area contributed by atoms with Crippen LogP contribution in [0.25, 0.3) is 0 Å². The Labute approximate surface area is 105 Å². The van der Waals surface area contributed by atoms with Crippen LogP contribution in [0.5, 0.6) is 0 Å². The first kappa shape index (κ1) is 13.6. The average Bonchev–Trinajstić information content (AvgIpc) is 2.26. The van der Waals surface area contributed by atoms with Crippen LogP contribution in [0.1, 0.15) is 11.1 Å². The van der Waals surface area contributed by atoms with E-state index in [0.29, 0.717) is 5.75 Å². The first-order chi connectivity index (χ1) is 8.08. The fourth-order valence-electron chi connectivity index (χ4n) is 1.30. The summed E-state index contributed by atoms with van der Waals surface area (Å²) in [6.45, 7) is 1.94. The Morgan fingerprint density at radius 3 is 2.82 bits per heavy atom. The van der Waals surface area contributed by atoms with Gasteiger partial charge in [-0.1, -0.05) is 29.8 Å². The molecule has 1 rings (SSSR count). The molecular formula is C12H16N2O2S. The molecule has 0 aliphatic carbocycles. The van der Waals surface area contributed by atoms with Crippen molar-refractivity contribution in [3.05, 3.63) is 35.4 Å². The van der Waals surface area contributed by atoms with Gasteiger partial charge in [0.25, 0.3) is 0 Å². The van der Waals surface area contributed by atoms with Crippen molar-refractivity contribution in [2.24, 2.45) is 5.73 Å². The van der Waals surface area contributed by atoms with Crippen LogP contribution in [0.3, 0.4) is 0 Å². The van der Waals surface area contributed by atoms with Crippen molar-refractivity contribution < 1.29 is 9.59 Å². The zero-order valence-corrected chi connectivity index (χ0v) is 10.5. The van der Waals surface area contributed by atoms with Crippen LogP contribution in [0.4, 0.5) is 0 Å². The number of aryl methyl sites for hydroxylation is 1. The lowest BCUT2D eigenvalue weighted by Gasteiger charge is -2.04. The Balaban J connectivity index is 2.23. The van der Waals surface area contributed by atoms with Gasteiger partial charge in [-0.15, -0.1) is 11.8 Å². The van der Waals surface area contributed by atoms with E-state index in [9.17, 15) is 9.59 Å². The van der Waals surface area contributed by atoms with Gasteiger partial charge in [-0.2, -0.15) is 0 Å². The predicted octanol–water partition coefficient (Wildman–Crippen LogP) is 0.830. The standard InChI is InChI=1S/C12H16N2O2S/c1-9-3-2-4-10(5-9)7-17-8-12(16)14-6-11(13)15/h2-5H,6-8H2,1H3,(H2,13,15)(H,14,16). The fourth-order valence-corrected chi connectivity index (χ4v) is 2.11. The normalized spacial score (nSPS) is 9.94. The van der Waals surface area contributed by atoms with Crippen molar-refractivity contribution in [1.82, 2.24) is 5.32 Å². The first-order valence-electron chi connectivity index (χ1n) is 5.26. The number of nitrogens with two attached hydrogens (primary N) is 1. The van der Waals surface area contributed by atoms with Gasteiger partial charge in [0, 0.05) is 5.75 Å². The molecule has 0 aliphatic heterocycles. The number of rotatable bonds is 6. The van der Waals surface area contributed by atoms with Crippen LogP contribution in [0.2, 0.25) is 0 Å². The molecule has 1 aromatic rings. The number of benzene rings is 1. The third-order valence-electron chi connectivity index (χ3n) is 2.04. The highest BCUT2D eigenvalue weighted by atomic mass is 32.2. The molecule has 0 fully saturated rings. The van der Waals surface area contributed by atoms with E-state index >= 15 is 0 Å². The number of nitrogens with one attached hydrogen (secondary N) is 1. The quantitative estimate of drug-likeness (QED) is 0.787. The van der Waals surface area contributed by atoms with Crippen molar-refractivity contribution in [2.45, 2.75) is 12.7 Å². The summed E-state index contributed by atoms with van der Waals surface area (Å²) < 4.78 is 0. The van der Waals surface area contributed by atoms with Crippen LogP contribution in [0, 0.1) is 6.92 Å². The number of hydrogen-bond acceptors (Lipinski definition) is 3. The summed E-state index contributed by atoms with van der Waals surface area (Å²) in [4.78, 5) is 21.7. The summed E-state index contributed by atoms with van der Waals surface area (Å²) in [6, 6.07) is 8.15. The number of primary amides is 1. The Bertz CT molecular complexity index is 407. The van der Waals surface area contributed by atoms with Crippen LogP contribution in [-0.4, -0.2) is 24.1 Å². The minimum absolute atomic E-state index is 0.0934. The highest BCUT2D eigenvalue weighted by Crippen LogP contribution is 2.12. The van der Waals surface area contributed by atoms with E-state index in [1.54, 1.807) is 0 Å². The topological polar surface area (TPSA) is 72.2 Å². The van der Waals surface area contributed by atoms with Crippen molar-refractivity contribution in [2.75, 3.05) is 12.3 Å². The number of hydrogen-bond donors (Lipinski definition) is 2. The molecule has 5 heteroatoms.